The Balaban J connectivity index is 1.99. The number of carbonyl (C=O) groups is 2. The second kappa shape index (κ2) is 8.59. The molecule has 2 amide bonds. The summed E-state index contributed by atoms with van der Waals surface area (Å²) >= 11 is 0. The van der Waals surface area contributed by atoms with E-state index in [1.807, 2.05) is 0 Å². The second-order valence-electron chi connectivity index (χ2n) is 4.91. The SMILES string of the molecule is COCC(=O)Nc1cccc(NC(=O)/C=C/c2ccccc2F)c1. The Morgan fingerprint density at radius 2 is 1.79 bits per heavy atom. The van der Waals surface area contributed by atoms with E-state index < -0.39 is 11.7 Å². The van der Waals surface area contributed by atoms with Gasteiger partial charge in [0, 0.05) is 30.1 Å². The third-order valence-corrected chi connectivity index (χ3v) is 3.01. The van der Waals surface area contributed by atoms with Crippen molar-refractivity contribution >= 4 is 29.3 Å². The summed E-state index contributed by atoms with van der Waals surface area (Å²) < 4.78 is 18.2. The fourth-order valence-corrected chi connectivity index (χ4v) is 1.96. The topological polar surface area (TPSA) is 67.4 Å². The van der Waals surface area contributed by atoms with E-state index in [-0.39, 0.29) is 12.5 Å². The van der Waals surface area contributed by atoms with Gasteiger partial charge >= 0.3 is 0 Å². The van der Waals surface area contributed by atoms with Crippen molar-refractivity contribution in [3.8, 4) is 0 Å². The van der Waals surface area contributed by atoms with Crippen LogP contribution >= 0.6 is 0 Å². The Bertz CT molecular complexity index is 759. The molecule has 0 atom stereocenters. The van der Waals surface area contributed by atoms with Crippen LogP contribution in [0.2, 0.25) is 0 Å². The summed E-state index contributed by atoms with van der Waals surface area (Å²) in [7, 11) is 1.43. The van der Waals surface area contributed by atoms with Crippen molar-refractivity contribution in [2.24, 2.45) is 0 Å². The van der Waals surface area contributed by atoms with Gasteiger partial charge in [0.1, 0.15) is 12.4 Å². The lowest BCUT2D eigenvalue weighted by molar-refractivity contribution is -0.119. The first kappa shape index (κ1) is 17.4. The molecule has 2 rings (SSSR count). The van der Waals surface area contributed by atoms with Crippen molar-refractivity contribution in [1.29, 1.82) is 0 Å². The maximum absolute atomic E-state index is 13.5. The largest absolute Gasteiger partial charge is 0.375 e. The number of amides is 2. The summed E-state index contributed by atoms with van der Waals surface area (Å²) in [6.07, 6.45) is 2.64. The molecule has 6 heteroatoms. The first-order valence-corrected chi connectivity index (χ1v) is 7.21. The molecule has 24 heavy (non-hydrogen) atoms. The lowest BCUT2D eigenvalue weighted by Crippen LogP contribution is -2.17. The fourth-order valence-electron chi connectivity index (χ4n) is 1.96. The lowest BCUT2D eigenvalue weighted by Gasteiger charge is -2.07. The molecule has 0 aromatic heterocycles. The maximum atomic E-state index is 13.5. The van der Waals surface area contributed by atoms with Gasteiger partial charge in [-0.15, -0.1) is 0 Å². The van der Waals surface area contributed by atoms with Crippen molar-refractivity contribution in [1.82, 2.24) is 0 Å². The molecule has 5 nitrogen and oxygen atoms in total. The molecule has 0 bridgehead atoms. The highest BCUT2D eigenvalue weighted by Gasteiger charge is 2.04. The van der Waals surface area contributed by atoms with Gasteiger partial charge in [0.15, 0.2) is 0 Å². The van der Waals surface area contributed by atoms with Crippen molar-refractivity contribution in [2.75, 3.05) is 24.4 Å². The molecule has 0 radical (unpaired) electrons. The van der Waals surface area contributed by atoms with Gasteiger partial charge in [0.2, 0.25) is 11.8 Å². The molecule has 0 saturated heterocycles. The standard InChI is InChI=1S/C18H17FN2O3/c1-24-12-18(23)21-15-7-4-6-14(11-15)20-17(22)10-9-13-5-2-3-8-16(13)19/h2-11H,12H2,1H3,(H,20,22)(H,21,23)/b10-9+. The number of hydrogen-bond donors (Lipinski definition) is 2. The number of hydrogen-bond acceptors (Lipinski definition) is 3. The third kappa shape index (κ3) is 5.33. The van der Waals surface area contributed by atoms with Crippen LogP contribution in [-0.4, -0.2) is 25.5 Å². The zero-order chi connectivity index (χ0) is 17.4. The van der Waals surface area contributed by atoms with Crippen molar-refractivity contribution in [3.63, 3.8) is 0 Å². The average Bonchev–Trinajstić information content (AvgIpc) is 2.54. The number of benzene rings is 2. The molecule has 2 N–H and O–H groups in total. The zero-order valence-electron chi connectivity index (χ0n) is 13.1. The van der Waals surface area contributed by atoms with Crippen LogP contribution in [0.4, 0.5) is 15.8 Å². The smallest absolute Gasteiger partial charge is 0.250 e. The van der Waals surface area contributed by atoms with Crippen molar-refractivity contribution in [3.05, 3.63) is 66.0 Å². The van der Waals surface area contributed by atoms with Gasteiger partial charge in [-0.3, -0.25) is 9.59 Å². The minimum atomic E-state index is -0.404. The van der Waals surface area contributed by atoms with Gasteiger partial charge in [-0.2, -0.15) is 0 Å². The van der Waals surface area contributed by atoms with E-state index in [0.717, 1.165) is 0 Å². The molecule has 0 spiro atoms. The molecule has 124 valence electrons. The van der Waals surface area contributed by atoms with E-state index in [4.69, 9.17) is 4.74 Å². The number of methoxy groups -OCH3 is 1. The third-order valence-electron chi connectivity index (χ3n) is 3.01. The highest BCUT2D eigenvalue weighted by Crippen LogP contribution is 2.15. The normalized spacial score (nSPS) is 10.6. The van der Waals surface area contributed by atoms with Crippen LogP contribution in [0.5, 0.6) is 0 Å². The highest BCUT2D eigenvalue weighted by molar-refractivity contribution is 6.02. The zero-order valence-corrected chi connectivity index (χ0v) is 13.1. The molecule has 2 aromatic carbocycles. The number of halogens is 1. The molecular formula is C18H17FN2O3. The van der Waals surface area contributed by atoms with E-state index in [0.29, 0.717) is 16.9 Å². The fraction of sp³-hybridized carbons (Fsp3) is 0.111. The Hall–Kier alpha value is -2.99. The van der Waals surface area contributed by atoms with Crippen LogP contribution in [0.1, 0.15) is 5.56 Å². The summed E-state index contributed by atoms with van der Waals surface area (Å²) in [4.78, 5) is 23.4. The van der Waals surface area contributed by atoms with Crippen LogP contribution < -0.4 is 10.6 Å². The first-order valence-electron chi connectivity index (χ1n) is 7.21. The van der Waals surface area contributed by atoms with Gasteiger partial charge in [-0.25, -0.2) is 4.39 Å². The summed E-state index contributed by atoms with van der Waals surface area (Å²) in [6.45, 7) is -0.0536. The average molecular weight is 328 g/mol. The minimum absolute atomic E-state index is 0.0536. The number of carbonyl (C=O) groups excluding carboxylic acids is 2. The molecule has 0 unspecified atom stereocenters. The Kier molecular flexibility index (Phi) is 6.22. The van der Waals surface area contributed by atoms with Crippen LogP contribution in [0.3, 0.4) is 0 Å². The Labute approximate surface area is 139 Å². The van der Waals surface area contributed by atoms with Crippen LogP contribution in [-0.2, 0) is 14.3 Å². The molecular weight excluding hydrogens is 311 g/mol. The first-order chi connectivity index (χ1) is 11.6. The van der Waals surface area contributed by atoms with Gasteiger partial charge < -0.3 is 15.4 Å². The Morgan fingerprint density at radius 3 is 2.50 bits per heavy atom. The number of nitrogens with one attached hydrogen (secondary N) is 2. The van der Waals surface area contributed by atoms with Crippen LogP contribution in [0.15, 0.2) is 54.6 Å². The monoisotopic (exact) mass is 328 g/mol. The van der Waals surface area contributed by atoms with E-state index in [9.17, 15) is 14.0 Å². The summed E-state index contributed by atoms with van der Waals surface area (Å²) in [5.41, 5.74) is 1.37. The minimum Gasteiger partial charge on any atom is -0.375 e. The summed E-state index contributed by atoms with van der Waals surface area (Å²) in [5, 5.41) is 5.29. The quantitative estimate of drug-likeness (QED) is 0.801. The molecule has 0 aliphatic heterocycles. The lowest BCUT2D eigenvalue weighted by atomic mass is 10.2. The second-order valence-corrected chi connectivity index (χ2v) is 4.91. The molecule has 0 heterocycles. The number of ether oxygens (including phenoxy) is 1. The van der Waals surface area contributed by atoms with E-state index in [1.54, 1.807) is 42.5 Å². The molecule has 0 fully saturated rings. The maximum Gasteiger partial charge on any atom is 0.250 e. The molecule has 0 saturated carbocycles. The van der Waals surface area contributed by atoms with Crippen molar-refractivity contribution < 1.29 is 18.7 Å². The van der Waals surface area contributed by atoms with E-state index in [1.165, 1.54) is 25.3 Å². The predicted molar refractivity (Wildman–Crippen MR) is 91.0 cm³/mol. The van der Waals surface area contributed by atoms with Gasteiger partial charge in [0.25, 0.3) is 0 Å². The van der Waals surface area contributed by atoms with Crippen molar-refractivity contribution in [2.45, 2.75) is 0 Å². The number of rotatable bonds is 6. The molecule has 0 aliphatic carbocycles. The van der Waals surface area contributed by atoms with Gasteiger partial charge in [0.05, 0.1) is 0 Å². The van der Waals surface area contributed by atoms with Gasteiger partial charge in [-0.1, -0.05) is 24.3 Å². The number of anilines is 2. The van der Waals surface area contributed by atoms with E-state index in [2.05, 4.69) is 10.6 Å². The summed E-state index contributed by atoms with van der Waals surface area (Å²) in [5.74, 6) is -1.09. The van der Waals surface area contributed by atoms with Crippen LogP contribution in [0.25, 0.3) is 6.08 Å². The summed E-state index contributed by atoms with van der Waals surface area (Å²) in [6, 6.07) is 12.8. The van der Waals surface area contributed by atoms with Gasteiger partial charge in [-0.05, 0) is 30.3 Å². The molecule has 0 aliphatic rings. The molecule has 2 aromatic rings. The predicted octanol–water partition coefficient (Wildman–Crippen LogP) is 3.06. The highest BCUT2D eigenvalue weighted by atomic mass is 19.1. The van der Waals surface area contributed by atoms with E-state index >= 15 is 0 Å². The Morgan fingerprint density at radius 1 is 1.08 bits per heavy atom. The van der Waals surface area contributed by atoms with Crippen LogP contribution in [0, 0.1) is 5.82 Å².